The highest BCUT2D eigenvalue weighted by molar-refractivity contribution is 7.91. The van der Waals surface area contributed by atoms with Gasteiger partial charge in [-0.3, -0.25) is 14.5 Å². The van der Waals surface area contributed by atoms with Crippen LogP contribution < -0.4 is 4.90 Å². The number of benzene rings is 2. The Morgan fingerprint density at radius 1 is 0.889 bits per heavy atom. The first-order valence-corrected chi connectivity index (χ1v) is 10.1. The van der Waals surface area contributed by atoms with E-state index < -0.39 is 27.5 Å². The molecule has 7 heteroatoms. The standard InChI is InChI=1S/C20H24N2O4S/c1-15-5-9-18(10-6-15)21(4)13-20(24)22(17(3)23)14-27(25,26)19-11-7-16(2)8-12-19/h5-12H,13-14H2,1-4H3. The number of imide groups is 1. The van der Waals surface area contributed by atoms with Gasteiger partial charge in [0.2, 0.25) is 11.8 Å². The number of carbonyl (C=O) groups is 2. The molecule has 0 heterocycles. The maximum atomic E-state index is 12.6. The lowest BCUT2D eigenvalue weighted by Gasteiger charge is -2.24. The van der Waals surface area contributed by atoms with Crippen LogP contribution in [0, 0.1) is 13.8 Å². The highest BCUT2D eigenvalue weighted by Crippen LogP contribution is 2.16. The summed E-state index contributed by atoms with van der Waals surface area (Å²) in [5, 5.41) is 0. The number of aryl methyl sites for hydroxylation is 2. The van der Waals surface area contributed by atoms with Gasteiger partial charge in [-0.1, -0.05) is 35.4 Å². The molecule has 144 valence electrons. The Kier molecular flexibility index (Phi) is 6.38. The summed E-state index contributed by atoms with van der Waals surface area (Å²) in [4.78, 5) is 27.1. The molecule has 0 bridgehead atoms. The van der Waals surface area contributed by atoms with Crippen molar-refractivity contribution in [2.24, 2.45) is 0 Å². The van der Waals surface area contributed by atoms with Crippen LogP contribution in [0.5, 0.6) is 0 Å². The number of carbonyl (C=O) groups excluding carboxylic acids is 2. The molecule has 0 spiro atoms. The topological polar surface area (TPSA) is 74.8 Å². The van der Waals surface area contributed by atoms with Gasteiger partial charge in [-0.05, 0) is 38.1 Å². The van der Waals surface area contributed by atoms with Crippen molar-refractivity contribution < 1.29 is 18.0 Å². The molecule has 0 saturated carbocycles. The second kappa shape index (κ2) is 8.35. The van der Waals surface area contributed by atoms with Crippen LogP contribution in [0.25, 0.3) is 0 Å². The zero-order valence-corrected chi connectivity index (χ0v) is 16.8. The number of likely N-dealkylation sites (N-methyl/N-ethyl adjacent to an activating group) is 1. The van der Waals surface area contributed by atoms with E-state index in [1.54, 1.807) is 24.1 Å². The lowest BCUT2D eigenvalue weighted by Crippen LogP contribution is -2.44. The molecule has 2 aromatic rings. The lowest BCUT2D eigenvalue weighted by molar-refractivity contribution is -0.141. The molecule has 0 fully saturated rings. The van der Waals surface area contributed by atoms with Crippen molar-refractivity contribution in [2.45, 2.75) is 25.7 Å². The Morgan fingerprint density at radius 2 is 1.37 bits per heavy atom. The Hall–Kier alpha value is -2.67. The number of hydrogen-bond acceptors (Lipinski definition) is 5. The second-order valence-corrected chi connectivity index (χ2v) is 8.55. The summed E-state index contributed by atoms with van der Waals surface area (Å²) < 4.78 is 25.2. The summed E-state index contributed by atoms with van der Waals surface area (Å²) in [6, 6.07) is 13.9. The molecular weight excluding hydrogens is 364 g/mol. The van der Waals surface area contributed by atoms with Crippen LogP contribution in [0.3, 0.4) is 0 Å². The average molecular weight is 388 g/mol. The van der Waals surface area contributed by atoms with E-state index in [1.165, 1.54) is 19.1 Å². The van der Waals surface area contributed by atoms with Crippen molar-refractivity contribution in [1.29, 1.82) is 0 Å². The van der Waals surface area contributed by atoms with Crippen LogP contribution in [0.2, 0.25) is 0 Å². The zero-order chi connectivity index (χ0) is 20.2. The van der Waals surface area contributed by atoms with Crippen molar-refractivity contribution in [3.63, 3.8) is 0 Å². The summed E-state index contributed by atoms with van der Waals surface area (Å²) in [6.45, 7) is 4.89. The molecule has 6 nitrogen and oxygen atoms in total. The molecule has 2 aromatic carbocycles. The lowest BCUT2D eigenvalue weighted by atomic mass is 10.2. The number of sulfone groups is 1. The van der Waals surface area contributed by atoms with Crippen LogP contribution in [0.4, 0.5) is 5.69 Å². The largest absolute Gasteiger partial charge is 0.365 e. The van der Waals surface area contributed by atoms with Crippen molar-refractivity contribution in [3.05, 3.63) is 59.7 Å². The molecule has 0 aliphatic heterocycles. The van der Waals surface area contributed by atoms with Gasteiger partial charge in [0.25, 0.3) is 0 Å². The number of rotatable bonds is 6. The molecular formula is C20H24N2O4S. The second-order valence-electron chi connectivity index (χ2n) is 6.59. The third kappa shape index (κ3) is 5.40. The molecule has 27 heavy (non-hydrogen) atoms. The van der Waals surface area contributed by atoms with Gasteiger partial charge >= 0.3 is 0 Å². The molecule has 0 N–H and O–H groups in total. The predicted molar refractivity (Wildman–Crippen MR) is 105 cm³/mol. The maximum absolute atomic E-state index is 12.6. The maximum Gasteiger partial charge on any atom is 0.249 e. The fourth-order valence-corrected chi connectivity index (χ4v) is 3.87. The average Bonchev–Trinajstić information content (AvgIpc) is 2.60. The van der Waals surface area contributed by atoms with E-state index in [0.717, 1.165) is 21.7 Å². The summed E-state index contributed by atoms with van der Waals surface area (Å²) in [7, 11) is -2.09. The zero-order valence-electron chi connectivity index (χ0n) is 16.0. The monoisotopic (exact) mass is 388 g/mol. The van der Waals surface area contributed by atoms with E-state index in [0.29, 0.717) is 0 Å². The summed E-state index contributed by atoms with van der Waals surface area (Å²) in [5.74, 6) is -1.85. The van der Waals surface area contributed by atoms with E-state index in [2.05, 4.69) is 0 Å². The first-order chi connectivity index (χ1) is 12.6. The number of amides is 2. The summed E-state index contributed by atoms with van der Waals surface area (Å²) in [6.07, 6.45) is 0. The van der Waals surface area contributed by atoms with Gasteiger partial charge in [0.15, 0.2) is 9.84 Å². The smallest absolute Gasteiger partial charge is 0.249 e. The Bertz CT molecular complexity index is 919. The molecule has 0 unspecified atom stereocenters. The van der Waals surface area contributed by atoms with Gasteiger partial charge in [0.1, 0.15) is 5.88 Å². The first kappa shape index (κ1) is 20.6. The molecule has 2 amide bonds. The third-order valence-corrected chi connectivity index (χ3v) is 5.80. The van der Waals surface area contributed by atoms with Crippen LogP contribution in [0.1, 0.15) is 18.1 Å². The fraction of sp³-hybridized carbons (Fsp3) is 0.300. The Morgan fingerprint density at radius 3 is 1.85 bits per heavy atom. The summed E-state index contributed by atoms with van der Waals surface area (Å²) >= 11 is 0. The van der Waals surface area contributed by atoms with Crippen molar-refractivity contribution in [2.75, 3.05) is 24.4 Å². The first-order valence-electron chi connectivity index (χ1n) is 8.48. The minimum absolute atomic E-state index is 0.0824. The van der Waals surface area contributed by atoms with Crippen LogP contribution in [0.15, 0.2) is 53.4 Å². The molecule has 0 atom stereocenters. The minimum Gasteiger partial charge on any atom is -0.365 e. The number of nitrogens with zero attached hydrogens (tertiary/aromatic N) is 2. The normalized spacial score (nSPS) is 11.1. The Labute approximate surface area is 160 Å². The van der Waals surface area contributed by atoms with E-state index in [1.807, 2.05) is 38.1 Å². The molecule has 0 aromatic heterocycles. The van der Waals surface area contributed by atoms with E-state index in [9.17, 15) is 18.0 Å². The quantitative estimate of drug-likeness (QED) is 0.760. The highest BCUT2D eigenvalue weighted by atomic mass is 32.2. The van der Waals surface area contributed by atoms with Crippen LogP contribution in [-0.2, 0) is 19.4 Å². The van der Waals surface area contributed by atoms with Crippen LogP contribution in [-0.4, -0.2) is 44.6 Å². The van der Waals surface area contributed by atoms with Crippen molar-refractivity contribution >= 4 is 27.3 Å². The SMILES string of the molecule is CC(=O)N(CS(=O)(=O)c1ccc(C)cc1)C(=O)CN(C)c1ccc(C)cc1. The molecule has 0 aliphatic rings. The van der Waals surface area contributed by atoms with Gasteiger partial charge < -0.3 is 4.90 Å². The number of hydrogen-bond donors (Lipinski definition) is 0. The number of anilines is 1. The molecule has 0 saturated heterocycles. The molecule has 0 aliphatic carbocycles. The van der Waals surface area contributed by atoms with Crippen molar-refractivity contribution in [3.8, 4) is 0 Å². The van der Waals surface area contributed by atoms with Gasteiger partial charge in [0.05, 0.1) is 11.4 Å². The minimum atomic E-state index is -3.81. The Balaban J connectivity index is 2.16. The fourth-order valence-electron chi connectivity index (χ4n) is 2.51. The van der Waals surface area contributed by atoms with E-state index >= 15 is 0 Å². The van der Waals surface area contributed by atoms with Gasteiger partial charge in [-0.15, -0.1) is 0 Å². The van der Waals surface area contributed by atoms with E-state index in [-0.39, 0.29) is 11.4 Å². The molecule has 0 radical (unpaired) electrons. The third-order valence-electron chi connectivity index (χ3n) is 4.21. The van der Waals surface area contributed by atoms with Gasteiger partial charge in [-0.2, -0.15) is 0 Å². The highest BCUT2D eigenvalue weighted by Gasteiger charge is 2.27. The molecule has 2 rings (SSSR count). The summed E-state index contributed by atoms with van der Waals surface area (Å²) in [5.41, 5.74) is 2.82. The van der Waals surface area contributed by atoms with Crippen LogP contribution >= 0.6 is 0 Å². The van der Waals surface area contributed by atoms with Gasteiger partial charge in [-0.25, -0.2) is 8.42 Å². The predicted octanol–water partition coefficient (Wildman–Crippen LogP) is 2.55. The van der Waals surface area contributed by atoms with Crippen molar-refractivity contribution in [1.82, 2.24) is 4.90 Å². The van der Waals surface area contributed by atoms with Gasteiger partial charge in [0, 0.05) is 19.7 Å². The van der Waals surface area contributed by atoms with E-state index in [4.69, 9.17) is 0 Å².